The number of hydrogen-bond donors (Lipinski definition) is 1. The Morgan fingerprint density at radius 1 is 1.47 bits per heavy atom. The Hall–Kier alpha value is -1.77. The van der Waals surface area contributed by atoms with Crippen molar-refractivity contribution in [3.05, 3.63) is 29.5 Å². The van der Waals surface area contributed by atoms with Gasteiger partial charge >= 0.3 is 0 Å². The molecule has 0 fully saturated rings. The lowest BCUT2D eigenvalue weighted by atomic mass is 10.1. The van der Waals surface area contributed by atoms with Crippen molar-refractivity contribution in [3.8, 4) is 5.75 Å². The van der Waals surface area contributed by atoms with E-state index in [1.165, 1.54) is 5.56 Å². The lowest BCUT2D eigenvalue weighted by molar-refractivity contribution is 0.111. The van der Waals surface area contributed by atoms with Crippen LogP contribution >= 0.6 is 0 Å². The quantitative estimate of drug-likeness (QED) is 0.779. The first-order chi connectivity index (χ1) is 7.31. The molecular weight excluding hydrogens is 190 g/mol. The van der Waals surface area contributed by atoms with Crippen molar-refractivity contribution in [2.75, 3.05) is 7.11 Å². The minimum absolute atomic E-state index is 0.508. The molecule has 3 nitrogen and oxygen atoms in total. The van der Waals surface area contributed by atoms with Crippen LogP contribution in [0.15, 0.2) is 18.2 Å². The number of methoxy groups -OCH3 is 1. The first-order valence-electron chi connectivity index (χ1n) is 4.94. The van der Waals surface area contributed by atoms with Crippen LogP contribution in [0.2, 0.25) is 0 Å². The molecule has 78 valence electrons. The molecule has 0 spiro atoms. The molecule has 0 aliphatic carbocycles. The van der Waals surface area contributed by atoms with Gasteiger partial charge < -0.3 is 9.72 Å². The van der Waals surface area contributed by atoms with Crippen LogP contribution in [0.3, 0.4) is 0 Å². The standard InChI is InChI=1S/C12H13NO2/c1-3-8-5-4-6-9-11(8)13-10(7-14)12(9)15-2/h4-7,13H,3H2,1-2H3. The summed E-state index contributed by atoms with van der Waals surface area (Å²) < 4.78 is 5.23. The highest BCUT2D eigenvalue weighted by Crippen LogP contribution is 2.30. The van der Waals surface area contributed by atoms with Crippen LogP contribution in [-0.4, -0.2) is 18.4 Å². The molecule has 15 heavy (non-hydrogen) atoms. The van der Waals surface area contributed by atoms with Crippen molar-refractivity contribution >= 4 is 17.2 Å². The summed E-state index contributed by atoms with van der Waals surface area (Å²) >= 11 is 0. The predicted octanol–water partition coefficient (Wildman–Crippen LogP) is 2.55. The van der Waals surface area contributed by atoms with E-state index in [1.807, 2.05) is 18.2 Å². The minimum atomic E-state index is 0.508. The first kappa shape index (κ1) is 9.77. The van der Waals surface area contributed by atoms with Crippen molar-refractivity contribution < 1.29 is 9.53 Å². The first-order valence-corrected chi connectivity index (χ1v) is 4.94. The SMILES string of the molecule is CCc1cccc2c(OC)c(C=O)[nH]c12. The van der Waals surface area contributed by atoms with Gasteiger partial charge in [-0.3, -0.25) is 4.79 Å². The third-order valence-electron chi connectivity index (χ3n) is 2.60. The summed E-state index contributed by atoms with van der Waals surface area (Å²) in [4.78, 5) is 13.9. The summed E-state index contributed by atoms with van der Waals surface area (Å²) in [6.07, 6.45) is 1.72. The monoisotopic (exact) mass is 203 g/mol. The van der Waals surface area contributed by atoms with Gasteiger partial charge in [-0.2, -0.15) is 0 Å². The molecule has 0 radical (unpaired) electrons. The average Bonchev–Trinajstić information content (AvgIpc) is 2.66. The smallest absolute Gasteiger partial charge is 0.170 e. The fourth-order valence-corrected chi connectivity index (χ4v) is 1.87. The summed E-state index contributed by atoms with van der Waals surface area (Å²) in [5.74, 6) is 0.635. The Kier molecular flexibility index (Phi) is 2.46. The van der Waals surface area contributed by atoms with Crippen molar-refractivity contribution in [1.82, 2.24) is 4.98 Å². The number of aryl methyl sites for hydroxylation is 1. The molecule has 0 amide bonds. The Morgan fingerprint density at radius 2 is 2.27 bits per heavy atom. The van der Waals surface area contributed by atoms with Crippen molar-refractivity contribution in [2.24, 2.45) is 0 Å². The average molecular weight is 203 g/mol. The van der Waals surface area contributed by atoms with Crippen LogP contribution in [0, 0.1) is 0 Å². The molecule has 1 N–H and O–H groups in total. The summed E-state index contributed by atoms with van der Waals surface area (Å²) in [6, 6.07) is 5.98. The molecule has 2 aromatic rings. The van der Waals surface area contributed by atoms with Crippen LogP contribution in [0.4, 0.5) is 0 Å². The van der Waals surface area contributed by atoms with Gasteiger partial charge in [0.2, 0.25) is 0 Å². The molecule has 3 heteroatoms. The number of para-hydroxylation sites is 1. The van der Waals surface area contributed by atoms with Gasteiger partial charge in [0, 0.05) is 5.39 Å². The van der Waals surface area contributed by atoms with E-state index in [-0.39, 0.29) is 0 Å². The van der Waals surface area contributed by atoms with Crippen LogP contribution in [0.25, 0.3) is 10.9 Å². The third-order valence-corrected chi connectivity index (χ3v) is 2.60. The second-order valence-electron chi connectivity index (χ2n) is 3.38. The molecular formula is C12H13NO2. The minimum Gasteiger partial charge on any atom is -0.494 e. The highest BCUT2D eigenvalue weighted by Gasteiger charge is 2.12. The number of ether oxygens (including phenoxy) is 1. The van der Waals surface area contributed by atoms with Gasteiger partial charge in [-0.1, -0.05) is 19.1 Å². The fourth-order valence-electron chi connectivity index (χ4n) is 1.87. The molecule has 1 heterocycles. The predicted molar refractivity (Wildman–Crippen MR) is 59.6 cm³/mol. The third kappa shape index (κ3) is 1.40. The molecule has 0 saturated heterocycles. The van der Waals surface area contributed by atoms with E-state index in [2.05, 4.69) is 11.9 Å². The number of aldehydes is 1. The summed E-state index contributed by atoms with van der Waals surface area (Å²) in [7, 11) is 1.58. The van der Waals surface area contributed by atoms with Gasteiger partial charge in [0.15, 0.2) is 12.0 Å². The number of H-pyrrole nitrogens is 1. The second kappa shape index (κ2) is 3.77. The van der Waals surface area contributed by atoms with E-state index in [0.717, 1.165) is 23.6 Å². The van der Waals surface area contributed by atoms with E-state index in [9.17, 15) is 4.79 Å². The lowest BCUT2D eigenvalue weighted by Crippen LogP contribution is -1.86. The van der Waals surface area contributed by atoms with E-state index in [0.29, 0.717) is 11.4 Å². The molecule has 0 atom stereocenters. The van der Waals surface area contributed by atoms with Crippen LogP contribution in [-0.2, 0) is 6.42 Å². The van der Waals surface area contributed by atoms with Gasteiger partial charge in [-0.25, -0.2) is 0 Å². The highest BCUT2D eigenvalue weighted by atomic mass is 16.5. The highest BCUT2D eigenvalue weighted by molar-refractivity contribution is 5.96. The van der Waals surface area contributed by atoms with Gasteiger partial charge in [-0.05, 0) is 18.1 Å². The number of carbonyl (C=O) groups excluding carboxylic acids is 1. The topological polar surface area (TPSA) is 42.1 Å². The van der Waals surface area contributed by atoms with E-state index >= 15 is 0 Å². The molecule has 0 saturated carbocycles. The maximum Gasteiger partial charge on any atom is 0.170 e. The summed E-state index contributed by atoms with van der Waals surface area (Å²) in [5.41, 5.74) is 2.70. The number of rotatable bonds is 3. The van der Waals surface area contributed by atoms with E-state index in [1.54, 1.807) is 7.11 Å². The fraction of sp³-hybridized carbons (Fsp3) is 0.250. The zero-order chi connectivity index (χ0) is 10.8. The van der Waals surface area contributed by atoms with E-state index < -0.39 is 0 Å². The Morgan fingerprint density at radius 3 is 2.87 bits per heavy atom. The number of aromatic amines is 1. The molecule has 2 rings (SSSR count). The number of hydrogen-bond acceptors (Lipinski definition) is 2. The number of aromatic nitrogens is 1. The van der Waals surface area contributed by atoms with Gasteiger partial charge in [-0.15, -0.1) is 0 Å². The molecule has 0 aliphatic heterocycles. The van der Waals surface area contributed by atoms with Crippen molar-refractivity contribution in [2.45, 2.75) is 13.3 Å². The van der Waals surface area contributed by atoms with Gasteiger partial charge in [0.05, 0.1) is 12.6 Å². The Labute approximate surface area is 88.1 Å². The molecule has 0 aliphatic rings. The summed E-state index contributed by atoms with van der Waals surface area (Å²) in [5, 5.41) is 0.971. The normalized spacial score (nSPS) is 10.5. The Balaban J connectivity index is 2.80. The van der Waals surface area contributed by atoms with Crippen molar-refractivity contribution in [3.63, 3.8) is 0 Å². The van der Waals surface area contributed by atoms with E-state index in [4.69, 9.17) is 4.74 Å². The maximum atomic E-state index is 10.8. The van der Waals surface area contributed by atoms with Crippen LogP contribution in [0.5, 0.6) is 5.75 Å². The number of carbonyl (C=O) groups is 1. The zero-order valence-corrected chi connectivity index (χ0v) is 8.83. The number of fused-ring (bicyclic) bond motifs is 1. The number of benzene rings is 1. The zero-order valence-electron chi connectivity index (χ0n) is 8.83. The molecule has 0 bridgehead atoms. The Bertz CT molecular complexity index is 500. The molecule has 0 unspecified atom stereocenters. The molecule has 1 aromatic carbocycles. The van der Waals surface area contributed by atoms with Gasteiger partial charge in [0.1, 0.15) is 5.69 Å². The number of nitrogens with one attached hydrogen (secondary N) is 1. The maximum absolute atomic E-state index is 10.8. The molecule has 1 aromatic heterocycles. The van der Waals surface area contributed by atoms with Crippen LogP contribution in [0.1, 0.15) is 23.0 Å². The van der Waals surface area contributed by atoms with Crippen molar-refractivity contribution in [1.29, 1.82) is 0 Å². The lowest BCUT2D eigenvalue weighted by Gasteiger charge is -1.99. The second-order valence-corrected chi connectivity index (χ2v) is 3.38. The largest absolute Gasteiger partial charge is 0.494 e. The van der Waals surface area contributed by atoms with Gasteiger partial charge in [0.25, 0.3) is 0 Å². The summed E-state index contributed by atoms with van der Waals surface area (Å²) in [6.45, 7) is 2.09. The van der Waals surface area contributed by atoms with Crippen LogP contribution < -0.4 is 4.74 Å².